The van der Waals surface area contributed by atoms with E-state index >= 15 is 0 Å². The van der Waals surface area contributed by atoms with Gasteiger partial charge in [0.1, 0.15) is 24.2 Å². The highest BCUT2D eigenvalue weighted by molar-refractivity contribution is 6.05. The van der Waals surface area contributed by atoms with Crippen molar-refractivity contribution in [2.24, 2.45) is 28.8 Å². The predicted molar refractivity (Wildman–Crippen MR) is 200 cm³/mol. The van der Waals surface area contributed by atoms with Crippen molar-refractivity contribution in [1.82, 2.24) is 24.7 Å². The van der Waals surface area contributed by atoms with Crippen LogP contribution in [0, 0.1) is 23.7 Å². The molecule has 15 nitrogen and oxygen atoms in total. The van der Waals surface area contributed by atoms with E-state index in [0.717, 1.165) is 12.1 Å². The Hall–Kier alpha value is -2.47. The highest BCUT2D eigenvalue weighted by atomic mass is 16.7. The number of methoxy groups -OCH3 is 1. The third-order valence-electron chi connectivity index (χ3n) is 11.2. The lowest BCUT2D eigenvalue weighted by atomic mass is 9.74. The molecule has 2 N–H and O–H groups in total. The number of nitrogens with zero attached hydrogens (tertiary/aromatic N) is 6. The van der Waals surface area contributed by atoms with Crippen LogP contribution >= 0.6 is 0 Å². The molecule has 2 saturated heterocycles. The zero-order chi connectivity index (χ0) is 39.8. The van der Waals surface area contributed by atoms with E-state index in [1.54, 1.807) is 34.1 Å². The molecule has 0 unspecified atom stereocenters. The van der Waals surface area contributed by atoms with Crippen molar-refractivity contribution in [1.29, 1.82) is 0 Å². The first-order chi connectivity index (χ1) is 24.7. The van der Waals surface area contributed by atoms with Crippen molar-refractivity contribution in [2.75, 3.05) is 47.9 Å². The number of aromatic nitrogens is 3. The maximum atomic E-state index is 14.2. The van der Waals surface area contributed by atoms with Crippen molar-refractivity contribution in [3.8, 4) is 0 Å². The molecule has 2 fully saturated rings. The van der Waals surface area contributed by atoms with Gasteiger partial charge in [-0.25, -0.2) is 0 Å². The smallest absolute Gasteiger partial charge is 0.316 e. The number of rotatable bonds is 12. The first-order valence-corrected chi connectivity index (χ1v) is 19.0. The third-order valence-corrected chi connectivity index (χ3v) is 11.2. The van der Waals surface area contributed by atoms with Crippen molar-refractivity contribution < 1.29 is 43.6 Å². The molecular weight excluding hydrogens is 683 g/mol. The number of carbonyl (C=O) groups is 2. The second-order valence-corrected chi connectivity index (χ2v) is 16.0. The van der Waals surface area contributed by atoms with Crippen LogP contribution < -0.4 is 0 Å². The SMILES string of the molecule is [B]n1cc(CCN(C)[C@@H]2C[C@H](O[C@@H]3[C@@H](C)C(=O)[C@@H](C)C(=O)O[C@H](CC)[C@@](C)(O)[C@H](O)[C@@H](C)/C(=N/OCCN(C)C)[C@H](C)C[C@@]3(C)OC)O[C@H](C)C2)nn1. The maximum absolute atomic E-state index is 14.2. The molecule has 2 aliphatic heterocycles. The van der Waals surface area contributed by atoms with E-state index in [2.05, 4.69) is 20.4 Å². The molecule has 53 heavy (non-hydrogen) atoms. The lowest BCUT2D eigenvalue weighted by Gasteiger charge is -2.46. The molecule has 0 amide bonds. The molecule has 0 bridgehead atoms. The van der Waals surface area contributed by atoms with Crippen LogP contribution in [0.4, 0.5) is 0 Å². The molecular formula is C37H65BN6O9. The Balaban J connectivity index is 2.02. The number of esters is 1. The summed E-state index contributed by atoms with van der Waals surface area (Å²) in [6.07, 6.45) is -0.0504. The Kier molecular flexibility index (Phi) is 16.5. The van der Waals surface area contributed by atoms with Gasteiger partial charge >= 0.3 is 5.97 Å². The summed E-state index contributed by atoms with van der Waals surface area (Å²) in [5.41, 5.74) is -1.71. The Morgan fingerprint density at radius 2 is 1.77 bits per heavy atom. The second-order valence-electron chi connectivity index (χ2n) is 16.0. The quantitative estimate of drug-likeness (QED) is 0.105. The van der Waals surface area contributed by atoms with Gasteiger partial charge in [-0.1, -0.05) is 38.1 Å². The first-order valence-electron chi connectivity index (χ1n) is 19.0. The molecule has 2 radical (unpaired) electrons. The molecule has 300 valence electrons. The fraction of sp³-hybridized carbons (Fsp3) is 0.865. The molecule has 0 aliphatic carbocycles. The molecule has 12 atom stereocenters. The Morgan fingerprint density at radius 1 is 1.09 bits per heavy atom. The zero-order valence-corrected chi connectivity index (χ0v) is 34.0. The molecule has 1 aromatic rings. The summed E-state index contributed by atoms with van der Waals surface area (Å²) in [4.78, 5) is 37.8. The monoisotopic (exact) mass is 748 g/mol. The standard InChI is InChI=1S/C37H65BN6O9/c1-13-29-37(8,48)33(46)24(4)31(40-50-17-16-42(9)10)22(2)20-36(7,49-12)34(25(5)32(45)26(6)35(47)52-29)53-30-19-28(18-23(3)51-30)43(11)15-14-27-21-44(38)41-39-27/h21-26,28-30,33-34,46,48H,13-20H2,1-12H3/b40-31+/t22-,23-,24+,25+,26-,28+,29-,30+,33-,34-,36-,37-/m1/s1. The van der Waals surface area contributed by atoms with Gasteiger partial charge in [0.25, 0.3) is 7.98 Å². The topological polar surface area (TPSA) is 170 Å². The average molecular weight is 749 g/mol. The summed E-state index contributed by atoms with van der Waals surface area (Å²) in [5, 5.41) is 35.9. The van der Waals surface area contributed by atoms with Crippen LogP contribution in [0.3, 0.4) is 0 Å². The van der Waals surface area contributed by atoms with E-state index < -0.39 is 65.3 Å². The second kappa shape index (κ2) is 19.4. The molecule has 2 aliphatic rings. The van der Waals surface area contributed by atoms with Crippen LogP contribution in [0.1, 0.15) is 86.8 Å². The Morgan fingerprint density at radius 3 is 2.36 bits per heavy atom. The number of aliphatic hydroxyl groups is 2. The van der Waals surface area contributed by atoms with Gasteiger partial charge in [-0.15, -0.1) is 5.10 Å². The number of ketones is 1. The number of oxime groups is 1. The summed E-state index contributed by atoms with van der Waals surface area (Å²) in [7, 11) is 13.2. The van der Waals surface area contributed by atoms with Crippen LogP contribution in [-0.2, 0) is 39.8 Å². The van der Waals surface area contributed by atoms with Gasteiger partial charge in [-0.2, -0.15) is 0 Å². The van der Waals surface area contributed by atoms with E-state index in [1.165, 1.54) is 18.4 Å². The van der Waals surface area contributed by atoms with Crippen LogP contribution in [0.2, 0.25) is 0 Å². The number of ether oxygens (including phenoxy) is 4. The van der Waals surface area contributed by atoms with Crippen LogP contribution in [0.5, 0.6) is 0 Å². The number of Topliss-reactive ketones (excluding diaryl/α,β-unsaturated/α-hetero) is 1. The Labute approximate surface area is 317 Å². The van der Waals surface area contributed by atoms with E-state index in [-0.39, 0.29) is 24.5 Å². The number of cyclic esters (lactones) is 1. The molecule has 0 spiro atoms. The highest BCUT2D eigenvalue weighted by Gasteiger charge is 2.50. The number of aliphatic hydroxyl groups excluding tert-OH is 1. The highest BCUT2D eigenvalue weighted by Crippen LogP contribution is 2.38. The molecule has 3 heterocycles. The molecule has 16 heteroatoms. The molecule has 3 rings (SSSR count). The first kappa shape index (κ1) is 44.9. The van der Waals surface area contributed by atoms with Crippen LogP contribution in [0.25, 0.3) is 0 Å². The fourth-order valence-electron chi connectivity index (χ4n) is 7.74. The summed E-state index contributed by atoms with van der Waals surface area (Å²) >= 11 is 0. The van der Waals surface area contributed by atoms with Crippen molar-refractivity contribution in [2.45, 2.75) is 135 Å². The van der Waals surface area contributed by atoms with Crippen molar-refractivity contribution in [3.05, 3.63) is 11.9 Å². The van der Waals surface area contributed by atoms with Gasteiger partial charge in [-0.3, -0.25) is 9.59 Å². The largest absolute Gasteiger partial charge is 0.459 e. The average Bonchev–Trinajstić information content (AvgIpc) is 3.53. The van der Waals surface area contributed by atoms with Gasteiger partial charge in [0.05, 0.1) is 35.3 Å². The molecule has 0 saturated carbocycles. The van der Waals surface area contributed by atoms with E-state index in [1.807, 2.05) is 46.8 Å². The fourth-order valence-corrected chi connectivity index (χ4v) is 7.74. The minimum Gasteiger partial charge on any atom is -0.459 e. The van der Waals surface area contributed by atoms with Crippen molar-refractivity contribution in [3.63, 3.8) is 0 Å². The minimum absolute atomic E-state index is 0.0990. The number of hydrogen-bond donors (Lipinski definition) is 2. The normalized spacial score (nSPS) is 37.5. The van der Waals surface area contributed by atoms with Crippen LogP contribution in [-0.4, -0.2) is 156 Å². The number of likely N-dealkylation sites (N-methyl/N-ethyl adjacent to an activating group) is 2. The lowest BCUT2D eigenvalue weighted by Crippen LogP contribution is -2.58. The Bertz CT molecular complexity index is 1360. The summed E-state index contributed by atoms with van der Waals surface area (Å²) < 4.78 is 26.5. The van der Waals surface area contributed by atoms with Gasteiger partial charge in [0, 0.05) is 63.0 Å². The van der Waals surface area contributed by atoms with E-state index in [4.69, 9.17) is 31.8 Å². The van der Waals surface area contributed by atoms with E-state index in [9.17, 15) is 19.8 Å². The van der Waals surface area contributed by atoms with Gasteiger partial charge < -0.3 is 48.4 Å². The number of hydrogen-bond acceptors (Lipinski definition) is 14. The van der Waals surface area contributed by atoms with Gasteiger partial charge in [0.2, 0.25) is 0 Å². The summed E-state index contributed by atoms with van der Waals surface area (Å²) in [5.74, 6) is -4.32. The zero-order valence-electron chi connectivity index (χ0n) is 34.0. The predicted octanol–water partition coefficient (Wildman–Crippen LogP) is 2.25. The minimum atomic E-state index is -1.87. The lowest BCUT2D eigenvalue weighted by molar-refractivity contribution is -0.262. The summed E-state index contributed by atoms with van der Waals surface area (Å²) in [6.45, 7) is 15.6. The molecule has 1 aromatic heterocycles. The van der Waals surface area contributed by atoms with Gasteiger partial charge in [-0.05, 0) is 68.1 Å². The van der Waals surface area contributed by atoms with Crippen LogP contribution in [0.15, 0.2) is 11.4 Å². The third kappa shape index (κ3) is 11.5. The molecule has 0 aromatic carbocycles. The maximum Gasteiger partial charge on any atom is 0.316 e. The number of carbonyl (C=O) groups excluding carboxylic acids is 2. The van der Waals surface area contributed by atoms with Crippen molar-refractivity contribution >= 4 is 25.4 Å². The van der Waals surface area contributed by atoms with E-state index in [0.29, 0.717) is 44.7 Å². The summed E-state index contributed by atoms with van der Waals surface area (Å²) in [6, 6.07) is 0.0990. The van der Waals surface area contributed by atoms with Gasteiger partial charge in [0.15, 0.2) is 12.1 Å².